The Bertz CT molecular complexity index is 231. The zero-order valence-electron chi connectivity index (χ0n) is 11.4. The molecule has 0 bridgehead atoms. The molecular weight excluding hydrogens is 272 g/mol. The Kier molecular flexibility index (Phi) is 9.23. The van der Waals surface area contributed by atoms with E-state index in [2.05, 4.69) is 0 Å². The van der Waals surface area contributed by atoms with Gasteiger partial charge in [0.1, 0.15) is 12.2 Å². The molecule has 8 nitrogen and oxygen atoms in total. The molecule has 8 heteroatoms. The lowest BCUT2D eigenvalue weighted by Gasteiger charge is -2.28. The van der Waals surface area contributed by atoms with Gasteiger partial charge in [0.25, 0.3) is 0 Å². The third-order valence-corrected chi connectivity index (χ3v) is 2.79. The van der Waals surface area contributed by atoms with Crippen LogP contribution >= 0.6 is 0 Å². The predicted octanol–water partition coefficient (Wildman–Crippen LogP) is -2.28. The molecule has 4 N–H and O–H groups in total. The van der Waals surface area contributed by atoms with E-state index in [1.165, 1.54) is 0 Å². The van der Waals surface area contributed by atoms with Crippen molar-refractivity contribution in [2.75, 3.05) is 52.9 Å². The van der Waals surface area contributed by atoms with Crippen molar-refractivity contribution < 1.29 is 39.4 Å². The fourth-order valence-electron chi connectivity index (χ4n) is 1.53. The average Bonchev–Trinajstić information content (AvgIpc) is 2.50. The highest BCUT2D eigenvalue weighted by molar-refractivity contribution is 4.62. The fraction of sp³-hybridized carbons (Fsp3) is 1.00. The summed E-state index contributed by atoms with van der Waals surface area (Å²) in [4.78, 5) is 0. The molecule has 1 aliphatic heterocycles. The molecule has 0 saturated carbocycles. The highest BCUT2D eigenvalue weighted by Gasteiger charge is 2.22. The second-order valence-corrected chi connectivity index (χ2v) is 4.66. The standard InChI is InChI=1S/C12H24O8/c13-1-9-4-19-12(20-5-9)8-17-7-11(3-15)18-6-10(16)2-14/h9-16H,1-8H2. The van der Waals surface area contributed by atoms with Crippen LogP contribution in [0.3, 0.4) is 0 Å². The molecule has 1 heterocycles. The minimum absolute atomic E-state index is 0.000238. The van der Waals surface area contributed by atoms with Crippen molar-refractivity contribution in [3.8, 4) is 0 Å². The van der Waals surface area contributed by atoms with Crippen molar-refractivity contribution in [2.45, 2.75) is 18.5 Å². The van der Waals surface area contributed by atoms with Gasteiger partial charge in [-0.3, -0.25) is 0 Å². The first-order chi connectivity index (χ1) is 9.69. The van der Waals surface area contributed by atoms with Crippen LogP contribution in [0.5, 0.6) is 0 Å². The summed E-state index contributed by atoms with van der Waals surface area (Å²) >= 11 is 0. The summed E-state index contributed by atoms with van der Waals surface area (Å²) in [5.41, 5.74) is 0. The van der Waals surface area contributed by atoms with Crippen LogP contribution in [0, 0.1) is 5.92 Å². The Hall–Kier alpha value is -0.320. The monoisotopic (exact) mass is 296 g/mol. The smallest absolute Gasteiger partial charge is 0.180 e. The predicted molar refractivity (Wildman–Crippen MR) is 67.0 cm³/mol. The molecule has 0 spiro atoms. The lowest BCUT2D eigenvalue weighted by molar-refractivity contribution is -0.228. The summed E-state index contributed by atoms with van der Waals surface area (Å²) in [5, 5.41) is 35.7. The van der Waals surface area contributed by atoms with Gasteiger partial charge in [-0.05, 0) is 0 Å². The SMILES string of the molecule is OCC(O)COC(CO)COCC1OCC(CO)CO1. The second kappa shape index (κ2) is 10.4. The molecule has 0 aromatic heterocycles. The van der Waals surface area contributed by atoms with Gasteiger partial charge in [-0.2, -0.15) is 0 Å². The summed E-state index contributed by atoms with van der Waals surface area (Å²) in [6.07, 6.45) is -2.03. The van der Waals surface area contributed by atoms with Crippen LogP contribution in [0.2, 0.25) is 0 Å². The van der Waals surface area contributed by atoms with Crippen molar-refractivity contribution in [3.63, 3.8) is 0 Å². The van der Waals surface area contributed by atoms with E-state index in [9.17, 15) is 0 Å². The fourth-order valence-corrected chi connectivity index (χ4v) is 1.53. The zero-order valence-corrected chi connectivity index (χ0v) is 11.4. The molecule has 2 unspecified atom stereocenters. The highest BCUT2D eigenvalue weighted by atomic mass is 16.7. The van der Waals surface area contributed by atoms with Crippen LogP contribution in [-0.4, -0.2) is 91.8 Å². The van der Waals surface area contributed by atoms with Crippen LogP contribution in [0.15, 0.2) is 0 Å². The number of hydrogen-bond donors (Lipinski definition) is 4. The quantitative estimate of drug-likeness (QED) is 0.356. The van der Waals surface area contributed by atoms with Crippen LogP contribution in [0.4, 0.5) is 0 Å². The largest absolute Gasteiger partial charge is 0.396 e. The first-order valence-corrected chi connectivity index (χ1v) is 6.62. The Morgan fingerprint density at radius 1 is 1.05 bits per heavy atom. The molecule has 0 aromatic rings. The van der Waals surface area contributed by atoms with Crippen LogP contribution in [0.1, 0.15) is 0 Å². The number of aliphatic hydroxyl groups is 4. The van der Waals surface area contributed by atoms with Gasteiger partial charge in [-0.1, -0.05) is 0 Å². The van der Waals surface area contributed by atoms with Crippen molar-refractivity contribution >= 4 is 0 Å². The molecule has 1 rings (SSSR count). The number of aliphatic hydroxyl groups excluding tert-OH is 4. The minimum atomic E-state index is -0.968. The Morgan fingerprint density at radius 2 is 1.75 bits per heavy atom. The summed E-state index contributed by atoms with van der Waals surface area (Å²) in [6.45, 7) is 0.481. The molecule has 0 radical (unpaired) electrons. The molecule has 1 aliphatic rings. The lowest BCUT2D eigenvalue weighted by Crippen LogP contribution is -2.37. The Morgan fingerprint density at radius 3 is 2.30 bits per heavy atom. The van der Waals surface area contributed by atoms with Gasteiger partial charge in [0, 0.05) is 5.92 Å². The summed E-state index contributed by atoms with van der Waals surface area (Å²) in [6, 6.07) is 0. The molecule has 0 amide bonds. The van der Waals surface area contributed by atoms with Gasteiger partial charge in [-0.25, -0.2) is 0 Å². The van der Waals surface area contributed by atoms with Gasteiger partial charge in [0.2, 0.25) is 0 Å². The first kappa shape index (κ1) is 17.7. The van der Waals surface area contributed by atoms with E-state index in [1.54, 1.807) is 0 Å². The maximum absolute atomic E-state index is 9.12. The number of rotatable bonds is 10. The zero-order chi connectivity index (χ0) is 14.8. The topological polar surface area (TPSA) is 118 Å². The molecule has 20 heavy (non-hydrogen) atoms. The molecular formula is C12H24O8. The summed E-state index contributed by atoms with van der Waals surface area (Å²) in [7, 11) is 0. The van der Waals surface area contributed by atoms with Gasteiger partial charge < -0.3 is 39.4 Å². The maximum Gasteiger partial charge on any atom is 0.180 e. The van der Waals surface area contributed by atoms with Gasteiger partial charge >= 0.3 is 0 Å². The van der Waals surface area contributed by atoms with E-state index < -0.39 is 25.1 Å². The van der Waals surface area contributed by atoms with Crippen LogP contribution in [0.25, 0.3) is 0 Å². The van der Waals surface area contributed by atoms with E-state index in [0.717, 1.165) is 0 Å². The lowest BCUT2D eigenvalue weighted by atomic mass is 10.2. The van der Waals surface area contributed by atoms with Gasteiger partial charge in [0.05, 0.1) is 52.9 Å². The van der Waals surface area contributed by atoms with Crippen molar-refractivity contribution in [2.24, 2.45) is 5.92 Å². The molecule has 0 aliphatic carbocycles. The van der Waals surface area contributed by atoms with Crippen LogP contribution in [-0.2, 0) is 18.9 Å². The van der Waals surface area contributed by atoms with E-state index in [4.69, 9.17) is 39.4 Å². The van der Waals surface area contributed by atoms with E-state index in [-0.39, 0.29) is 39.0 Å². The highest BCUT2D eigenvalue weighted by Crippen LogP contribution is 2.11. The van der Waals surface area contributed by atoms with Gasteiger partial charge in [0.15, 0.2) is 6.29 Å². The Labute approximate surface area is 117 Å². The summed E-state index contributed by atoms with van der Waals surface area (Å²) < 4.78 is 21.1. The first-order valence-electron chi connectivity index (χ1n) is 6.62. The normalized spacial score (nSPS) is 26.4. The minimum Gasteiger partial charge on any atom is -0.396 e. The number of ether oxygens (including phenoxy) is 4. The Balaban J connectivity index is 2.09. The van der Waals surface area contributed by atoms with E-state index >= 15 is 0 Å². The number of hydrogen-bond acceptors (Lipinski definition) is 8. The molecule has 0 aromatic carbocycles. The summed E-state index contributed by atoms with van der Waals surface area (Å²) in [5.74, 6) is -0.000238. The third-order valence-electron chi connectivity index (χ3n) is 2.79. The molecule has 1 fully saturated rings. The molecule has 120 valence electrons. The maximum atomic E-state index is 9.12. The van der Waals surface area contributed by atoms with E-state index in [1.807, 2.05) is 0 Å². The third kappa shape index (κ3) is 6.91. The van der Waals surface area contributed by atoms with E-state index in [0.29, 0.717) is 13.2 Å². The van der Waals surface area contributed by atoms with Crippen LogP contribution < -0.4 is 0 Å². The molecule has 1 saturated heterocycles. The van der Waals surface area contributed by atoms with Crippen molar-refractivity contribution in [1.82, 2.24) is 0 Å². The van der Waals surface area contributed by atoms with Gasteiger partial charge in [-0.15, -0.1) is 0 Å². The van der Waals surface area contributed by atoms with Crippen molar-refractivity contribution in [3.05, 3.63) is 0 Å². The molecule has 2 atom stereocenters. The van der Waals surface area contributed by atoms with Crippen molar-refractivity contribution in [1.29, 1.82) is 0 Å². The average molecular weight is 296 g/mol. The second-order valence-electron chi connectivity index (χ2n) is 4.66.